The second-order valence-electron chi connectivity index (χ2n) is 6.86. The van der Waals surface area contributed by atoms with E-state index in [4.69, 9.17) is 0 Å². The lowest BCUT2D eigenvalue weighted by molar-refractivity contribution is 0.451. The maximum Gasteiger partial charge on any atom is 0.243 e. The van der Waals surface area contributed by atoms with Gasteiger partial charge in [0.05, 0.1) is 4.90 Å². The Bertz CT molecular complexity index is 859. The summed E-state index contributed by atoms with van der Waals surface area (Å²) >= 11 is 0. The molecular weight excluding hydrogens is 324 g/mol. The first-order valence-corrected chi connectivity index (χ1v) is 9.93. The summed E-state index contributed by atoms with van der Waals surface area (Å²) in [6.45, 7) is 1.15. The highest BCUT2D eigenvalue weighted by atomic mass is 32.2. The second-order valence-corrected chi connectivity index (χ2v) is 8.80. The molecule has 2 aliphatic rings. The lowest BCUT2D eigenvalue weighted by Gasteiger charge is -2.17. The molecular formula is C17H22N4O2S. The van der Waals surface area contributed by atoms with Gasteiger partial charge in [0.2, 0.25) is 10.0 Å². The Morgan fingerprint density at radius 1 is 1.25 bits per heavy atom. The van der Waals surface area contributed by atoms with E-state index in [0.29, 0.717) is 23.9 Å². The van der Waals surface area contributed by atoms with Crippen molar-refractivity contribution in [3.05, 3.63) is 41.5 Å². The minimum atomic E-state index is -3.39. The molecule has 128 valence electrons. The van der Waals surface area contributed by atoms with Gasteiger partial charge in [-0.3, -0.25) is 0 Å². The molecule has 2 aromatic rings. The standard InChI is InChI=1S/C17H22N4O2S/c1-20-12-18-19-17(20)9-13-7-8-21(11-13)24(22,23)16-6-5-14-3-2-4-15(14)10-16/h5-6,10,12-13H,2-4,7-9,11H2,1H3. The SMILES string of the molecule is Cn1cnnc1CC1CCN(S(=O)(=O)c2ccc3c(c2)CCC3)C1. The zero-order valence-electron chi connectivity index (χ0n) is 13.9. The summed E-state index contributed by atoms with van der Waals surface area (Å²) < 4.78 is 29.4. The predicted molar refractivity (Wildman–Crippen MR) is 90.0 cm³/mol. The smallest absolute Gasteiger partial charge is 0.243 e. The molecule has 1 fully saturated rings. The Morgan fingerprint density at radius 3 is 2.88 bits per heavy atom. The van der Waals surface area contributed by atoms with Crippen LogP contribution in [0.3, 0.4) is 0 Å². The summed E-state index contributed by atoms with van der Waals surface area (Å²) in [7, 11) is -1.47. The molecule has 0 radical (unpaired) electrons. The van der Waals surface area contributed by atoms with E-state index in [2.05, 4.69) is 10.2 Å². The van der Waals surface area contributed by atoms with Crippen molar-refractivity contribution in [2.75, 3.05) is 13.1 Å². The highest BCUT2D eigenvalue weighted by molar-refractivity contribution is 7.89. The molecule has 0 bridgehead atoms. The second kappa shape index (κ2) is 5.97. The molecule has 0 saturated carbocycles. The van der Waals surface area contributed by atoms with Crippen LogP contribution in [0.4, 0.5) is 0 Å². The van der Waals surface area contributed by atoms with Gasteiger partial charge in [-0.05, 0) is 54.9 Å². The van der Waals surface area contributed by atoms with Crippen molar-refractivity contribution >= 4 is 10.0 Å². The van der Waals surface area contributed by atoms with Gasteiger partial charge in [-0.15, -0.1) is 10.2 Å². The van der Waals surface area contributed by atoms with Gasteiger partial charge < -0.3 is 4.57 Å². The zero-order valence-corrected chi connectivity index (χ0v) is 14.7. The average Bonchev–Trinajstić information content (AvgIpc) is 3.29. The molecule has 1 saturated heterocycles. The molecule has 0 N–H and O–H groups in total. The number of nitrogens with zero attached hydrogens (tertiary/aromatic N) is 4. The van der Waals surface area contributed by atoms with Crippen LogP contribution in [0.2, 0.25) is 0 Å². The highest BCUT2D eigenvalue weighted by Gasteiger charge is 2.33. The van der Waals surface area contributed by atoms with E-state index in [1.807, 2.05) is 23.7 Å². The number of aromatic nitrogens is 3. The largest absolute Gasteiger partial charge is 0.321 e. The normalized spacial score (nSPS) is 21.3. The van der Waals surface area contributed by atoms with Crippen molar-refractivity contribution in [1.29, 1.82) is 0 Å². The van der Waals surface area contributed by atoms with Crippen molar-refractivity contribution in [2.24, 2.45) is 13.0 Å². The van der Waals surface area contributed by atoms with Crippen LogP contribution in [0.25, 0.3) is 0 Å². The number of hydrogen-bond acceptors (Lipinski definition) is 4. The minimum absolute atomic E-state index is 0.303. The maximum absolute atomic E-state index is 12.9. The lowest BCUT2D eigenvalue weighted by atomic mass is 10.1. The van der Waals surface area contributed by atoms with Crippen LogP contribution in [0.5, 0.6) is 0 Å². The first kappa shape index (κ1) is 15.8. The number of hydrogen-bond donors (Lipinski definition) is 0. The highest BCUT2D eigenvalue weighted by Crippen LogP contribution is 2.29. The van der Waals surface area contributed by atoms with Crippen molar-refractivity contribution in [2.45, 2.75) is 37.0 Å². The van der Waals surface area contributed by atoms with E-state index in [1.54, 1.807) is 16.7 Å². The van der Waals surface area contributed by atoms with Crippen LogP contribution in [0, 0.1) is 5.92 Å². The molecule has 7 heteroatoms. The van der Waals surface area contributed by atoms with Crippen LogP contribution < -0.4 is 0 Å². The van der Waals surface area contributed by atoms with E-state index >= 15 is 0 Å². The number of fused-ring (bicyclic) bond motifs is 1. The van der Waals surface area contributed by atoms with Crippen molar-refractivity contribution in [3.63, 3.8) is 0 Å². The van der Waals surface area contributed by atoms with Crippen molar-refractivity contribution < 1.29 is 8.42 Å². The van der Waals surface area contributed by atoms with E-state index < -0.39 is 10.0 Å². The van der Waals surface area contributed by atoms with Gasteiger partial charge in [-0.2, -0.15) is 4.31 Å². The van der Waals surface area contributed by atoms with Gasteiger partial charge in [-0.1, -0.05) is 6.07 Å². The Balaban J connectivity index is 1.50. The monoisotopic (exact) mass is 346 g/mol. The van der Waals surface area contributed by atoms with Gasteiger partial charge in [0.25, 0.3) is 0 Å². The van der Waals surface area contributed by atoms with Gasteiger partial charge in [0.15, 0.2) is 0 Å². The molecule has 4 rings (SSSR count). The summed E-state index contributed by atoms with van der Waals surface area (Å²) in [4.78, 5) is 0.447. The lowest BCUT2D eigenvalue weighted by Crippen LogP contribution is -2.29. The van der Waals surface area contributed by atoms with Crippen molar-refractivity contribution in [3.8, 4) is 0 Å². The predicted octanol–water partition coefficient (Wildman–Crippen LogP) is 1.56. The third-order valence-corrected chi connectivity index (χ3v) is 7.09. The van der Waals surface area contributed by atoms with Crippen LogP contribution >= 0.6 is 0 Å². The molecule has 0 spiro atoms. The summed E-state index contributed by atoms with van der Waals surface area (Å²) in [6.07, 6.45) is 6.52. The number of aryl methyl sites for hydroxylation is 3. The number of sulfonamides is 1. The van der Waals surface area contributed by atoms with Gasteiger partial charge in [0, 0.05) is 26.6 Å². The summed E-state index contributed by atoms with van der Waals surface area (Å²) in [6, 6.07) is 5.64. The molecule has 0 amide bonds. The Labute approximate surface area is 142 Å². The van der Waals surface area contributed by atoms with Gasteiger partial charge in [0.1, 0.15) is 12.2 Å². The maximum atomic E-state index is 12.9. The Hall–Kier alpha value is -1.73. The molecule has 1 atom stereocenters. The van der Waals surface area contributed by atoms with E-state index in [0.717, 1.165) is 37.9 Å². The van der Waals surface area contributed by atoms with Crippen molar-refractivity contribution in [1.82, 2.24) is 19.1 Å². The van der Waals surface area contributed by atoms with Crippen LogP contribution in [-0.2, 0) is 36.3 Å². The fourth-order valence-corrected chi connectivity index (χ4v) is 5.37. The molecule has 1 aromatic heterocycles. The Morgan fingerprint density at radius 2 is 2.08 bits per heavy atom. The molecule has 1 aliphatic heterocycles. The van der Waals surface area contributed by atoms with Crippen LogP contribution in [0.1, 0.15) is 29.8 Å². The van der Waals surface area contributed by atoms with E-state index in [9.17, 15) is 8.42 Å². The molecule has 1 aromatic carbocycles. The molecule has 1 unspecified atom stereocenters. The minimum Gasteiger partial charge on any atom is -0.321 e. The number of rotatable bonds is 4. The first-order chi connectivity index (χ1) is 11.5. The molecule has 1 aliphatic carbocycles. The van der Waals surface area contributed by atoms with E-state index in [-0.39, 0.29) is 0 Å². The average molecular weight is 346 g/mol. The van der Waals surface area contributed by atoms with E-state index in [1.165, 1.54) is 11.1 Å². The van der Waals surface area contributed by atoms with Crippen LogP contribution in [0.15, 0.2) is 29.4 Å². The third kappa shape index (κ3) is 2.75. The van der Waals surface area contributed by atoms with Crippen LogP contribution in [-0.4, -0.2) is 40.6 Å². The first-order valence-electron chi connectivity index (χ1n) is 8.49. The molecule has 6 nitrogen and oxygen atoms in total. The molecule has 24 heavy (non-hydrogen) atoms. The summed E-state index contributed by atoms with van der Waals surface area (Å²) in [5.74, 6) is 1.22. The van der Waals surface area contributed by atoms with Gasteiger partial charge in [-0.25, -0.2) is 8.42 Å². The Kier molecular flexibility index (Phi) is 3.92. The molecule has 2 heterocycles. The fraction of sp³-hybridized carbons (Fsp3) is 0.529. The summed E-state index contributed by atoms with van der Waals surface area (Å²) in [5.41, 5.74) is 2.50. The van der Waals surface area contributed by atoms with Gasteiger partial charge >= 0.3 is 0 Å². The number of benzene rings is 1. The third-order valence-electron chi connectivity index (χ3n) is 5.23. The fourth-order valence-electron chi connectivity index (χ4n) is 3.79. The topological polar surface area (TPSA) is 68.1 Å². The zero-order chi connectivity index (χ0) is 16.7. The quantitative estimate of drug-likeness (QED) is 0.842. The summed E-state index contributed by atoms with van der Waals surface area (Å²) in [5, 5.41) is 8.00.